The van der Waals surface area contributed by atoms with Gasteiger partial charge in [0.15, 0.2) is 5.16 Å². The van der Waals surface area contributed by atoms with Crippen molar-refractivity contribution in [3.8, 4) is 5.75 Å². The molecule has 3 heterocycles. The van der Waals surface area contributed by atoms with Crippen molar-refractivity contribution in [2.45, 2.75) is 43.3 Å². The van der Waals surface area contributed by atoms with Crippen LogP contribution in [0.15, 0.2) is 72.0 Å². The second-order valence-electron chi connectivity index (χ2n) is 8.31. The zero-order valence-electron chi connectivity index (χ0n) is 18.3. The van der Waals surface area contributed by atoms with Gasteiger partial charge in [0.25, 0.3) is 0 Å². The van der Waals surface area contributed by atoms with Crippen molar-refractivity contribution in [1.29, 1.82) is 0 Å². The van der Waals surface area contributed by atoms with Crippen LogP contribution >= 0.6 is 11.8 Å². The number of thioether (sulfide) groups is 1. The normalized spacial score (nSPS) is 15.3. The standard InChI is InChI=1S/C26H28N4OS/c1-19-24(18-32-26-28-22-9-5-6-10-23(22)29-26)27-14-11-25(19)31-21-12-15-30(16-13-21)17-20-7-3-2-4-8-20/h2-11,14,21H,12-13,15-18H2,1H3,(H,28,29). The number of fused-ring (bicyclic) bond motifs is 1. The summed E-state index contributed by atoms with van der Waals surface area (Å²) < 4.78 is 6.43. The van der Waals surface area contributed by atoms with Crippen molar-refractivity contribution in [3.63, 3.8) is 0 Å². The summed E-state index contributed by atoms with van der Waals surface area (Å²) in [6, 6.07) is 20.8. The maximum Gasteiger partial charge on any atom is 0.166 e. The van der Waals surface area contributed by atoms with Crippen LogP contribution < -0.4 is 4.74 Å². The van der Waals surface area contributed by atoms with Gasteiger partial charge in [0, 0.05) is 37.1 Å². The molecule has 1 aliphatic heterocycles. The summed E-state index contributed by atoms with van der Waals surface area (Å²) in [6.45, 7) is 5.27. The van der Waals surface area contributed by atoms with Crippen LogP contribution in [-0.2, 0) is 12.3 Å². The Morgan fingerprint density at radius 1 is 1.03 bits per heavy atom. The third-order valence-corrected chi connectivity index (χ3v) is 6.93. The van der Waals surface area contributed by atoms with Crippen LogP contribution in [0.3, 0.4) is 0 Å². The van der Waals surface area contributed by atoms with Gasteiger partial charge in [0.1, 0.15) is 11.9 Å². The number of benzene rings is 2. The number of rotatable bonds is 7. The average molecular weight is 445 g/mol. The number of aromatic amines is 1. The predicted octanol–water partition coefficient (Wildman–Crippen LogP) is 5.60. The monoisotopic (exact) mass is 444 g/mol. The van der Waals surface area contributed by atoms with Crippen molar-refractivity contribution in [2.24, 2.45) is 0 Å². The SMILES string of the molecule is Cc1c(OC2CCN(Cc3ccccc3)CC2)ccnc1CSc1nc2ccccc2[nH]1. The molecule has 32 heavy (non-hydrogen) atoms. The van der Waals surface area contributed by atoms with Crippen molar-refractivity contribution >= 4 is 22.8 Å². The van der Waals surface area contributed by atoms with Gasteiger partial charge in [0.05, 0.1) is 16.7 Å². The van der Waals surface area contributed by atoms with E-state index in [0.29, 0.717) is 0 Å². The van der Waals surface area contributed by atoms with E-state index in [9.17, 15) is 0 Å². The lowest BCUT2D eigenvalue weighted by Crippen LogP contribution is -2.37. The van der Waals surface area contributed by atoms with Crippen LogP contribution in [0.5, 0.6) is 5.75 Å². The third kappa shape index (κ3) is 4.97. The summed E-state index contributed by atoms with van der Waals surface area (Å²) in [7, 11) is 0. The van der Waals surface area contributed by atoms with E-state index in [-0.39, 0.29) is 6.10 Å². The highest BCUT2D eigenvalue weighted by Crippen LogP contribution is 2.29. The first-order valence-electron chi connectivity index (χ1n) is 11.2. The summed E-state index contributed by atoms with van der Waals surface area (Å²) in [5.74, 6) is 1.72. The zero-order chi connectivity index (χ0) is 21.8. The Labute approximate surface area is 193 Å². The van der Waals surface area contributed by atoms with Gasteiger partial charge in [0.2, 0.25) is 0 Å². The molecule has 0 amide bonds. The van der Waals surface area contributed by atoms with Gasteiger partial charge in [-0.05, 0) is 43.5 Å². The molecule has 5 nitrogen and oxygen atoms in total. The fourth-order valence-corrected chi connectivity index (χ4v) is 5.08. The lowest BCUT2D eigenvalue weighted by molar-refractivity contribution is 0.0961. The molecule has 1 aliphatic rings. The lowest BCUT2D eigenvalue weighted by Gasteiger charge is -2.32. The number of ether oxygens (including phenoxy) is 1. The number of likely N-dealkylation sites (tertiary alicyclic amines) is 1. The molecule has 2 aromatic heterocycles. The van der Waals surface area contributed by atoms with Gasteiger partial charge in [-0.15, -0.1) is 0 Å². The number of pyridine rings is 1. The first kappa shape index (κ1) is 21.0. The first-order chi connectivity index (χ1) is 15.7. The number of imidazole rings is 1. The van der Waals surface area contributed by atoms with Crippen LogP contribution in [0.2, 0.25) is 0 Å². The van der Waals surface area contributed by atoms with Crippen LogP contribution in [0.4, 0.5) is 0 Å². The Bertz CT molecular complexity index is 1140. The van der Waals surface area contributed by atoms with Crippen molar-refractivity contribution in [2.75, 3.05) is 13.1 Å². The Balaban J connectivity index is 1.17. The summed E-state index contributed by atoms with van der Waals surface area (Å²) in [6.07, 6.45) is 4.23. The molecule has 164 valence electrons. The van der Waals surface area contributed by atoms with Crippen molar-refractivity contribution in [1.82, 2.24) is 19.9 Å². The van der Waals surface area contributed by atoms with Gasteiger partial charge in [-0.25, -0.2) is 4.98 Å². The first-order valence-corrected chi connectivity index (χ1v) is 12.2. The number of piperidine rings is 1. The fourth-order valence-electron chi connectivity index (χ4n) is 4.17. The molecule has 0 saturated carbocycles. The lowest BCUT2D eigenvalue weighted by atomic mass is 10.1. The Hall–Kier alpha value is -2.83. The average Bonchev–Trinajstić information content (AvgIpc) is 3.25. The van der Waals surface area contributed by atoms with E-state index in [2.05, 4.69) is 63.2 Å². The van der Waals surface area contributed by atoms with Crippen molar-refractivity contribution < 1.29 is 4.74 Å². The topological polar surface area (TPSA) is 54.0 Å². The molecule has 0 atom stereocenters. The molecule has 0 aliphatic carbocycles. The van der Waals surface area contributed by atoms with Crippen LogP contribution in [0, 0.1) is 6.92 Å². The highest BCUT2D eigenvalue weighted by Gasteiger charge is 2.21. The van der Waals surface area contributed by atoms with Gasteiger partial charge in [-0.3, -0.25) is 9.88 Å². The van der Waals surface area contributed by atoms with E-state index < -0.39 is 0 Å². The second-order valence-corrected chi connectivity index (χ2v) is 9.27. The number of aromatic nitrogens is 3. The predicted molar refractivity (Wildman–Crippen MR) is 130 cm³/mol. The Kier molecular flexibility index (Phi) is 6.41. The van der Waals surface area contributed by atoms with E-state index in [1.54, 1.807) is 11.8 Å². The largest absolute Gasteiger partial charge is 0.490 e. The highest BCUT2D eigenvalue weighted by molar-refractivity contribution is 7.98. The summed E-state index contributed by atoms with van der Waals surface area (Å²) >= 11 is 1.68. The number of hydrogen-bond acceptors (Lipinski definition) is 5. The molecule has 1 saturated heterocycles. The van der Waals surface area contributed by atoms with Crippen LogP contribution in [0.1, 0.15) is 29.7 Å². The number of H-pyrrole nitrogens is 1. The molecule has 5 rings (SSSR count). The summed E-state index contributed by atoms with van der Waals surface area (Å²) in [4.78, 5) is 15.2. The maximum absolute atomic E-state index is 6.43. The molecule has 0 bridgehead atoms. The molecule has 0 radical (unpaired) electrons. The van der Waals surface area contributed by atoms with Gasteiger partial charge in [-0.1, -0.05) is 54.2 Å². The maximum atomic E-state index is 6.43. The van der Waals surface area contributed by atoms with Crippen molar-refractivity contribution in [3.05, 3.63) is 83.7 Å². The van der Waals surface area contributed by atoms with Crippen LogP contribution in [0.25, 0.3) is 11.0 Å². The molecule has 4 aromatic rings. The second kappa shape index (κ2) is 9.76. The van der Waals surface area contributed by atoms with E-state index >= 15 is 0 Å². The number of hydrogen-bond donors (Lipinski definition) is 1. The summed E-state index contributed by atoms with van der Waals surface area (Å²) in [5, 5.41) is 0.921. The zero-order valence-corrected chi connectivity index (χ0v) is 19.1. The fraction of sp³-hybridized carbons (Fsp3) is 0.308. The minimum Gasteiger partial charge on any atom is -0.490 e. The van der Waals surface area contributed by atoms with E-state index in [4.69, 9.17) is 4.74 Å². The smallest absolute Gasteiger partial charge is 0.166 e. The molecule has 2 aromatic carbocycles. The van der Waals surface area contributed by atoms with E-state index in [1.165, 1.54) is 5.56 Å². The molecule has 1 fully saturated rings. The molecular formula is C26H28N4OS. The molecule has 6 heteroatoms. The minimum absolute atomic E-state index is 0.263. The quantitative estimate of drug-likeness (QED) is 0.376. The summed E-state index contributed by atoms with van der Waals surface area (Å²) in [5.41, 5.74) is 5.62. The number of para-hydroxylation sites is 2. The Morgan fingerprint density at radius 3 is 2.62 bits per heavy atom. The molecular weight excluding hydrogens is 416 g/mol. The minimum atomic E-state index is 0.263. The highest BCUT2D eigenvalue weighted by atomic mass is 32.2. The Morgan fingerprint density at radius 2 is 1.81 bits per heavy atom. The molecule has 0 unspecified atom stereocenters. The number of nitrogens with one attached hydrogen (secondary N) is 1. The van der Waals surface area contributed by atoms with Gasteiger partial charge >= 0.3 is 0 Å². The number of nitrogens with zero attached hydrogens (tertiary/aromatic N) is 3. The van der Waals surface area contributed by atoms with Gasteiger partial charge in [-0.2, -0.15) is 0 Å². The van der Waals surface area contributed by atoms with Gasteiger partial charge < -0.3 is 9.72 Å². The van der Waals surface area contributed by atoms with E-state index in [1.807, 2.05) is 30.5 Å². The van der Waals surface area contributed by atoms with E-state index in [0.717, 1.165) is 71.4 Å². The third-order valence-electron chi connectivity index (χ3n) is 6.05. The molecule has 0 spiro atoms. The van der Waals surface area contributed by atoms with Crippen LogP contribution in [-0.4, -0.2) is 39.0 Å². The molecule has 1 N–H and O–H groups in total.